The molecule has 1 aromatic heterocycles. The normalized spacial score (nSPS) is 12.2. The first-order valence-corrected chi connectivity index (χ1v) is 7.12. The number of hydrogen-bond acceptors (Lipinski definition) is 3. The Hall–Kier alpha value is -1.04. The molecule has 102 valence electrons. The van der Waals surface area contributed by atoms with Gasteiger partial charge in [0.2, 0.25) is 5.88 Å². The molecule has 0 spiro atoms. The van der Waals surface area contributed by atoms with Gasteiger partial charge in [-0.3, -0.25) is 4.79 Å². The van der Waals surface area contributed by atoms with Gasteiger partial charge < -0.3 is 10.1 Å². The number of aryl methyl sites for hydroxylation is 1. The predicted molar refractivity (Wildman–Crippen MR) is 74.3 cm³/mol. The standard InChI is InChI=1S/C12H20BrN3O2/c1-9(8-13)5-4-6-14-12(17)10-7-11(18-3)16(2)15-10/h7,9H,4-6,8H2,1-3H3,(H,14,17). The van der Waals surface area contributed by atoms with Crippen molar-refractivity contribution < 1.29 is 9.53 Å². The zero-order valence-electron chi connectivity index (χ0n) is 11.1. The Labute approximate surface area is 116 Å². The van der Waals surface area contributed by atoms with Crippen molar-refractivity contribution in [3.63, 3.8) is 0 Å². The number of methoxy groups -OCH3 is 1. The minimum absolute atomic E-state index is 0.152. The van der Waals surface area contributed by atoms with Crippen LogP contribution in [0.15, 0.2) is 6.07 Å². The molecular weight excluding hydrogens is 298 g/mol. The molecule has 1 heterocycles. The number of ether oxygens (including phenoxy) is 1. The van der Waals surface area contributed by atoms with Crippen molar-refractivity contribution in [1.82, 2.24) is 15.1 Å². The van der Waals surface area contributed by atoms with E-state index in [2.05, 4.69) is 33.3 Å². The highest BCUT2D eigenvalue weighted by Crippen LogP contribution is 2.11. The van der Waals surface area contributed by atoms with Crippen LogP contribution in [0.1, 0.15) is 30.3 Å². The number of hydrogen-bond donors (Lipinski definition) is 1. The lowest BCUT2D eigenvalue weighted by molar-refractivity contribution is 0.0947. The number of amides is 1. The summed E-state index contributed by atoms with van der Waals surface area (Å²) in [6, 6.07) is 1.64. The Morgan fingerprint density at radius 3 is 2.94 bits per heavy atom. The van der Waals surface area contributed by atoms with Gasteiger partial charge in [0.1, 0.15) is 0 Å². The number of carbonyl (C=O) groups is 1. The van der Waals surface area contributed by atoms with Gasteiger partial charge in [-0.05, 0) is 18.8 Å². The summed E-state index contributed by atoms with van der Waals surface area (Å²) in [7, 11) is 3.30. The van der Waals surface area contributed by atoms with Crippen LogP contribution in [0.2, 0.25) is 0 Å². The van der Waals surface area contributed by atoms with Crippen LogP contribution in [-0.2, 0) is 7.05 Å². The molecule has 18 heavy (non-hydrogen) atoms. The Morgan fingerprint density at radius 2 is 2.39 bits per heavy atom. The average molecular weight is 318 g/mol. The summed E-state index contributed by atoms with van der Waals surface area (Å²) in [5, 5.41) is 7.94. The van der Waals surface area contributed by atoms with Crippen molar-refractivity contribution in [1.29, 1.82) is 0 Å². The Bertz CT molecular complexity index is 393. The molecule has 0 saturated carbocycles. The number of carbonyl (C=O) groups excluding carboxylic acids is 1. The van der Waals surface area contributed by atoms with Crippen molar-refractivity contribution in [3.05, 3.63) is 11.8 Å². The van der Waals surface area contributed by atoms with Gasteiger partial charge in [0.15, 0.2) is 5.69 Å². The Morgan fingerprint density at radius 1 is 1.67 bits per heavy atom. The van der Waals surface area contributed by atoms with Crippen molar-refractivity contribution in [3.8, 4) is 5.88 Å². The highest BCUT2D eigenvalue weighted by atomic mass is 79.9. The summed E-state index contributed by atoms with van der Waals surface area (Å²) < 4.78 is 6.61. The zero-order valence-corrected chi connectivity index (χ0v) is 12.7. The number of alkyl halides is 1. The van der Waals surface area contributed by atoms with E-state index in [0.717, 1.165) is 18.2 Å². The highest BCUT2D eigenvalue weighted by Gasteiger charge is 2.12. The molecule has 0 aliphatic rings. The summed E-state index contributed by atoms with van der Waals surface area (Å²) in [6.45, 7) is 2.86. The van der Waals surface area contributed by atoms with Crippen LogP contribution in [0, 0.1) is 5.92 Å². The van der Waals surface area contributed by atoms with Crippen molar-refractivity contribution in [2.75, 3.05) is 19.0 Å². The fraction of sp³-hybridized carbons (Fsp3) is 0.667. The number of nitrogens with zero attached hydrogens (tertiary/aromatic N) is 2. The molecule has 0 fully saturated rings. The number of aromatic nitrogens is 2. The summed E-state index contributed by atoms with van der Waals surface area (Å²) in [6.07, 6.45) is 2.07. The highest BCUT2D eigenvalue weighted by molar-refractivity contribution is 9.09. The quantitative estimate of drug-likeness (QED) is 0.618. The van der Waals surface area contributed by atoms with E-state index in [-0.39, 0.29) is 5.91 Å². The van der Waals surface area contributed by atoms with E-state index in [0.29, 0.717) is 24.0 Å². The first-order valence-electron chi connectivity index (χ1n) is 6.00. The molecule has 1 unspecified atom stereocenters. The third kappa shape index (κ3) is 4.33. The van der Waals surface area contributed by atoms with E-state index in [1.807, 2.05) is 0 Å². The van der Waals surface area contributed by atoms with Gasteiger partial charge >= 0.3 is 0 Å². The summed E-state index contributed by atoms with van der Waals surface area (Å²) >= 11 is 3.44. The lowest BCUT2D eigenvalue weighted by Gasteiger charge is -2.07. The fourth-order valence-corrected chi connectivity index (χ4v) is 1.90. The van der Waals surface area contributed by atoms with Gasteiger partial charge in [0.05, 0.1) is 7.11 Å². The van der Waals surface area contributed by atoms with Gasteiger partial charge in [-0.1, -0.05) is 22.9 Å². The maximum Gasteiger partial charge on any atom is 0.271 e. The fourth-order valence-electron chi connectivity index (χ4n) is 1.57. The maximum absolute atomic E-state index is 11.8. The first-order chi connectivity index (χ1) is 8.58. The van der Waals surface area contributed by atoms with Crippen LogP contribution in [0.25, 0.3) is 0 Å². The molecule has 1 N–H and O–H groups in total. The van der Waals surface area contributed by atoms with Crippen LogP contribution in [-0.4, -0.2) is 34.7 Å². The molecular formula is C12H20BrN3O2. The van der Waals surface area contributed by atoms with Crippen LogP contribution < -0.4 is 10.1 Å². The lowest BCUT2D eigenvalue weighted by Crippen LogP contribution is -2.25. The van der Waals surface area contributed by atoms with Crippen molar-refractivity contribution in [2.45, 2.75) is 19.8 Å². The summed E-state index contributed by atoms with van der Waals surface area (Å²) in [5.74, 6) is 1.06. The molecule has 0 radical (unpaired) electrons. The number of halogens is 1. The summed E-state index contributed by atoms with van der Waals surface area (Å²) in [4.78, 5) is 11.8. The smallest absolute Gasteiger partial charge is 0.271 e. The van der Waals surface area contributed by atoms with Crippen molar-refractivity contribution >= 4 is 21.8 Å². The van der Waals surface area contributed by atoms with Gasteiger partial charge in [-0.2, -0.15) is 5.10 Å². The zero-order chi connectivity index (χ0) is 13.5. The topological polar surface area (TPSA) is 56.1 Å². The number of rotatable bonds is 7. The first kappa shape index (κ1) is 15.0. The second-order valence-corrected chi connectivity index (χ2v) is 5.00. The van der Waals surface area contributed by atoms with Gasteiger partial charge in [0, 0.05) is 25.0 Å². The van der Waals surface area contributed by atoms with E-state index in [1.54, 1.807) is 24.9 Å². The Balaban J connectivity index is 2.36. The largest absolute Gasteiger partial charge is 0.481 e. The van der Waals surface area contributed by atoms with Crippen LogP contribution in [0.5, 0.6) is 5.88 Å². The second kappa shape index (κ2) is 7.41. The van der Waals surface area contributed by atoms with Gasteiger partial charge in [-0.15, -0.1) is 0 Å². The number of nitrogens with one attached hydrogen (secondary N) is 1. The third-order valence-corrected chi connectivity index (χ3v) is 3.81. The molecule has 5 nitrogen and oxygen atoms in total. The molecule has 0 saturated heterocycles. The van der Waals surface area contributed by atoms with Crippen LogP contribution in [0.4, 0.5) is 0 Å². The SMILES string of the molecule is COc1cc(C(=O)NCCCC(C)CBr)nn1C. The lowest BCUT2D eigenvalue weighted by atomic mass is 10.1. The van der Waals surface area contributed by atoms with E-state index < -0.39 is 0 Å². The third-order valence-electron chi connectivity index (χ3n) is 2.70. The molecule has 0 aliphatic carbocycles. The van der Waals surface area contributed by atoms with Crippen LogP contribution >= 0.6 is 15.9 Å². The summed E-state index contributed by atoms with van der Waals surface area (Å²) in [5.41, 5.74) is 0.392. The molecule has 1 rings (SSSR count). The molecule has 0 bridgehead atoms. The van der Waals surface area contributed by atoms with Gasteiger partial charge in [-0.25, -0.2) is 4.68 Å². The minimum Gasteiger partial charge on any atom is -0.481 e. The van der Waals surface area contributed by atoms with E-state index in [9.17, 15) is 4.79 Å². The van der Waals surface area contributed by atoms with Gasteiger partial charge in [0.25, 0.3) is 5.91 Å². The maximum atomic E-state index is 11.8. The monoisotopic (exact) mass is 317 g/mol. The molecule has 1 atom stereocenters. The molecule has 0 aliphatic heterocycles. The Kier molecular flexibility index (Phi) is 6.18. The second-order valence-electron chi connectivity index (χ2n) is 4.35. The average Bonchev–Trinajstić information content (AvgIpc) is 2.75. The van der Waals surface area contributed by atoms with E-state index in [1.165, 1.54) is 0 Å². The minimum atomic E-state index is -0.152. The predicted octanol–water partition coefficient (Wildman–Crippen LogP) is 1.97. The molecule has 1 amide bonds. The van der Waals surface area contributed by atoms with Crippen LogP contribution in [0.3, 0.4) is 0 Å². The van der Waals surface area contributed by atoms with E-state index in [4.69, 9.17) is 4.74 Å². The van der Waals surface area contributed by atoms with E-state index >= 15 is 0 Å². The molecule has 1 aromatic rings. The van der Waals surface area contributed by atoms with Crippen molar-refractivity contribution in [2.24, 2.45) is 13.0 Å². The molecule has 6 heteroatoms. The molecule has 0 aromatic carbocycles.